The maximum Gasteiger partial charge on any atom is 0.276 e. The third-order valence-corrected chi connectivity index (χ3v) is 4.21. The van der Waals surface area contributed by atoms with E-state index in [1.807, 2.05) is 24.3 Å². The van der Waals surface area contributed by atoms with Gasteiger partial charge < -0.3 is 4.74 Å². The van der Waals surface area contributed by atoms with Crippen LogP contribution in [0.5, 0.6) is 0 Å². The van der Waals surface area contributed by atoms with E-state index in [0.29, 0.717) is 12.0 Å². The van der Waals surface area contributed by atoms with Crippen LogP contribution in [0.4, 0.5) is 0 Å². The van der Waals surface area contributed by atoms with Gasteiger partial charge >= 0.3 is 0 Å². The van der Waals surface area contributed by atoms with E-state index in [1.54, 1.807) is 6.20 Å². The molecule has 5 heteroatoms. The quantitative estimate of drug-likeness (QED) is 0.788. The Morgan fingerprint density at radius 3 is 2.74 bits per heavy atom. The summed E-state index contributed by atoms with van der Waals surface area (Å²) >= 11 is 0. The van der Waals surface area contributed by atoms with Crippen molar-refractivity contribution in [3.8, 4) is 0 Å². The van der Waals surface area contributed by atoms with Gasteiger partial charge in [-0.25, -0.2) is 14.7 Å². The average molecular weight is 280 g/mol. The van der Waals surface area contributed by atoms with Crippen LogP contribution in [0.1, 0.15) is 0 Å². The third-order valence-electron chi connectivity index (χ3n) is 2.82. The predicted molar refractivity (Wildman–Crippen MR) is 82.2 cm³/mol. The van der Waals surface area contributed by atoms with Crippen molar-refractivity contribution in [2.75, 3.05) is 31.1 Å². The Morgan fingerprint density at radius 2 is 2.00 bits per heavy atom. The number of nitrogens with zero attached hydrogens (tertiary/aromatic N) is 2. The van der Waals surface area contributed by atoms with Crippen LogP contribution >= 0.6 is 10.0 Å². The molecule has 1 aromatic carbocycles. The number of hydrogen-bond donors (Lipinski definition) is 0. The van der Waals surface area contributed by atoms with Crippen LogP contribution < -0.4 is 5.56 Å². The first-order valence-electron chi connectivity index (χ1n) is 6.16. The number of aromatic nitrogens is 2. The van der Waals surface area contributed by atoms with Crippen molar-refractivity contribution in [1.82, 2.24) is 9.78 Å². The monoisotopic (exact) mass is 280 g/mol. The van der Waals surface area contributed by atoms with Gasteiger partial charge in [-0.2, -0.15) is 5.10 Å². The molecule has 2 aromatic rings. The van der Waals surface area contributed by atoms with Crippen molar-refractivity contribution < 1.29 is 4.74 Å². The summed E-state index contributed by atoms with van der Waals surface area (Å²) in [6.45, 7) is 0.888. The molecule has 0 bridgehead atoms. The smallest absolute Gasteiger partial charge is 0.276 e. The summed E-state index contributed by atoms with van der Waals surface area (Å²) in [4.78, 5) is 12.1. The molecule has 1 aromatic heterocycles. The Kier molecular flexibility index (Phi) is 4.27. The van der Waals surface area contributed by atoms with Gasteiger partial charge in [0.2, 0.25) is 0 Å². The molecule has 2 rings (SSSR count). The second kappa shape index (κ2) is 5.75. The third kappa shape index (κ3) is 3.81. The normalized spacial score (nSPS) is 12.8. The van der Waals surface area contributed by atoms with Crippen LogP contribution in [-0.2, 0) is 11.5 Å². The topological polar surface area (TPSA) is 44.1 Å². The molecule has 0 atom stereocenters. The Hall–Kier alpha value is -1.33. The number of benzene rings is 1. The molecule has 4 nitrogen and oxygen atoms in total. The molecule has 0 saturated carbocycles. The Labute approximate surface area is 114 Å². The predicted octanol–water partition coefficient (Wildman–Crippen LogP) is 2.06. The van der Waals surface area contributed by atoms with Crippen LogP contribution in [0.15, 0.2) is 35.3 Å². The van der Waals surface area contributed by atoms with Crippen molar-refractivity contribution >= 4 is 20.8 Å². The second-order valence-corrected chi connectivity index (χ2v) is 9.96. The van der Waals surface area contributed by atoms with Gasteiger partial charge in [0.25, 0.3) is 5.56 Å². The molecule has 0 aliphatic heterocycles. The summed E-state index contributed by atoms with van der Waals surface area (Å²) in [6, 6.07) is 7.46. The zero-order valence-electron chi connectivity index (χ0n) is 11.6. The molecule has 0 aliphatic rings. The first-order valence-corrected chi connectivity index (χ1v) is 9.19. The molecule has 0 saturated heterocycles. The summed E-state index contributed by atoms with van der Waals surface area (Å²) in [5.74, 6) is 1.04. The van der Waals surface area contributed by atoms with E-state index in [1.165, 1.54) is 4.68 Å². The Morgan fingerprint density at radius 1 is 1.26 bits per heavy atom. The maximum atomic E-state index is 12.1. The minimum absolute atomic E-state index is 0.0961. The maximum absolute atomic E-state index is 12.1. The zero-order chi connectivity index (χ0) is 13.9. The summed E-state index contributed by atoms with van der Waals surface area (Å²) in [5, 5.41) is 5.67. The minimum Gasteiger partial charge on any atom is -0.358 e. The van der Waals surface area contributed by atoms with Gasteiger partial charge in [0.1, 0.15) is 6.73 Å². The second-order valence-electron chi connectivity index (χ2n) is 5.37. The summed E-state index contributed by atoms with van der Waals surface area (Å²) in [5.41, 5.74) is -0.0961. The number of hydrogen-bond acceptors (Lipinski definition) is 3. The SMILES string of the molecule is CS(C)(C)CCOCn1ncc2ccccc2c1=O. The van der Waals surface area contributed by atoms with Gasteiger partial charge in [0, 0.05) is 11.1 Å². The van der Waals surface area contributed by atoms with Crippen LogP contribution in [0, 0.1) is 0 Å². The molecular weight excluding hydrogens is 260 g/mol. The summed E-state index contributed by atoms with van der Waals surface area (Å²) < 4.78 is 6.92. The van der Waals surface area contributed by atoms with Gasteiger partial charge in [-0.1, -0.05) is 18.2 Å². The van der Waals surface area contributed by atoms with Gasteiger partial charge in [-0.3, -0.25) is 4.79 Å². The fourth-order valence-electron chi connectivity index (χ4n) is 1.68. The first kappa shape index (κ1) is 14.1. The molecule has 0 amide bonds. The number of rotatable bonds is 5. The Bertz CT molecular complexity index is 617. The van der Waals surface area contributed by atoms with Crippen LogP contribution in [0.3, 0.4) is 0 Å². The molecule has 0 N–H and O–H groups in total. The molecule has 0 radical (unpaired) electrons. The highest BCUT2D eigenvalue weighted by atomic mass is 32.3. The van der Waals surface area contributed by atoms with Crippen molar-refractivity contribution in [2.24, 2.45) is 0 Å². The van der Waals surface area contributed by atoms with Crippen LogP contribution in [0.25, 0.3) is 10.8 Å². The lowest BCUT2D eigenvalue weighted by Gasteiger charge is -2.24. The Balaban J connectivity index is 2.06. The first-order chi connectivity index (χ1) is 8.97. The highest BCUT2D eigenvalue weighted by Gasteiger charge is 2.05. The van der Waals surface area contributed by atoms with E-state index < -0.39 is 10.0 Å². The molecule has 1 heterocycles. The highest BCUT2D eigenvalue weighted by Crippen LogP contribution is 2.33. The largest absolute Gasteiger partial charge is 0.358 e. The molecule has 0 unspecified atom stereocenters. The zero-order valence-corrected chi connectivity index (χ0v) is 12.4. The molecular formula is C14H20N2O2S. The van der Waals surface area contributed by atoms with E-state index in [4.69, 9.17) is 4.74 Å². The summed E-state index contributed by atoms with van der Waals surface area (Å²) in [7, 11) is -0.556. The van der Waals surface area contributed by atoms with Crippen LogP contribution in [-0.4, -0.2) is 40.9 Å². The van der Waals surface area contributed by atoms with E-state index in [2.05, 4.69) is 23.9 Å². The van der Waals surface area contributed by atoms with E-state index in [9.17, 15) is 4.79 Å². The molecule has 0 aliphatic carbocycles. The van der Waals surface area contributed by atoms with E-state index in [-0.39, 0.29) is 12.3 Å². The molecule has 0 fully saturated rings. The lowest BCUT2D eigenvalue weighted by molar-refractivity contribution is 0.0777. The number of ether oxygens (including phenoxy) is 1. The van der Waals surface area contributed by atoms with E-state index >= 15 is 0 Å². The number of fused-ring (bicyclic) bond motifs is 1. The fraction of sp³-hybridized carbons (Fsp3) is 0.429. The van der Waals surface area contributed by atoms with Crippen molar-refractivity contribution in [2.45, 2.75) is 6.73 Å². The molecule has 104 valence electrons. The lowest BCUT2D eigenvalue weighted by Crippen LogP contribution is -2.24. The van der Waals surface area contributed by atoms with Crippen molar-refractivity contribution in [1.29, 1.82) is 0 Å². The van der Waals surface area contributed by atoms with Crippen molar-refractivity contribution in [3.05, 3.63) is 40.8 Å². The standard InChI is InChI=1S/C14H20N2O2S/c1-19(2,3)9-8-18-11-16-14(17)13-7-5-4-6-12(13)10-15-16/h4-7,10H,8-9,11H2,1-3H3. The van der Waals surface area contributed by atoms with Crippen LogP contribution in [0.2, 0.25) is 0 Å². The van der Waals surface area contributed by atoms with Gasteiger partial charge in [0.15, 0.2) is 0 Å². The minimum atomic E-state index is -0.556. The van der Waals surface area contributed by atoms with Gasteiger partial charge in [-0.15, -0.1) is 0 Å². The average Bonchev–Trinajstić information content (AvgIpc) is 2.36. The lowest BCUT2D eigenvalue weighted by atomic mass is 10.2. The molecule has 19 heavy (non-hydrogen) atoms. The van der Waals surface area contributed by atoms with Gasteiger partial charge in [0.05, 0.1) is 18.2 Å². The van der Waals surface area contributed by atoms with Gasteiger partial charge in [-0.05, 0) is 24.8 Å². The molecule has 0 spiro atoms. The fourth-order valence-corrected chi connectivity index (χ4v) is 2.30. The summed E-state index contributed by atoms with van der Waals surface area (Å²) in [6.07, 6.45) is 8.44. The highest BCUT2D eigenvalue weighted by molar-refractivity contribution is 8.32. The van der Waals surface area contributed by atoms with Crippen molar-refractivity contribution in [3.63, 3.8) is 0 Å². The van der Waals surface area contributed by atoms with E-state index in [0.717, 1.165) is 11.1 Å².